The van der Waals surface area contributed by atoms with E-state index in [2.05, 4.69) is 10.6 Å². The summed E-state index contributed by atoms with van der Waals surface area (Å²) in [4.78, 5) is 26.4. The van der Waals surface area contributed by atoms with E-state index in [4.69, 9.17) is 4.74 Å². The molecule has 1 aliphatic heterocycles. The zero-order valence-corrected chi connectivity index (χ0v) is 15.1. The van der Waals surface area contributed by atoms with Crippen molar-refractivity contribution in [2.45, 2.75) is 19.8 Å². The first-order valence-corrected chi connectivity index (χ1v) is 8.04. The van der Waals surface area contributed by atoms with Crippen molar-refractivity contribution in [3.63, 3.8) is 0 Å². The summed E-state index contributed by atoms with van der Waals surface area (Å²) in [5.74, 6) is -0.0311. The van der Waals surface area contributed by atoms with Crippen LogP contribution in [0.4, 0.5) is 5.69 Å². The number of nitrogens with zero attached hydrogens (tertiary/aromatic N) is 1. The molecule has 0 bridgehead atoms. The SMILES string of the molecule is CNCCCC(=O)Nc1cccc(C(=O)N2CCOCC2)c1C.Cl. The third-order valence-electron chi connectivity index (χ3n) is 3.97. The van der Waals surface area contributed by atoms with Crippen molar-refractivity contribution >= 4 is 29.9 Å². The highest BCUT2D eigenvalue weighted by molar-refractivity contribution is 5.99. The molecule has 6 nitrogen and oxygen atoms in total. The van der Waals surface area contributed by atoms with Crippen LogP contribution in [0, 0.1) is 6.92 Å². The summed E-state index contributed by atoms with van der Waals surface area (Å²) in [6.45, 7) is 5.05. The minimum absolute atomic E-state index is 0. The van der Waals surface area contributed by atoms with Gasteiger partial charge in [0.15, 0.2) is 0 Å². The van der Waals surface area contributed by atoms with E-state index in [1.807, 2.05) is 32.2 Å². The van der Waals surface area contributed by atoms with Crippen molar-refractivity contribution < 1.29 is 14.3 Å². The molecule has 24 heavy (non-hydrogen) atoms. The summed E-state index contributed by atoms with van der Waals surface area (Å²) >= 11 is 0. The van der Waals surface area contributed by atoms with Crippen molar-refractivity contribution in [2.75, 3.05) is 45.2 Å². The molecular formula is C17H26ClN3O3. The van der Waals surface area contributed by atoms with Gasteiger partial charge >= 0.3 is 0 Å². The lowest BCUT2D eigenvalue weighted by Gasteiger charge is -2.27. The first-order valence-electron chi connectivity index (χ1n) is 8.04. The smallest absolute Gasteiger partial charge is 0.254 e. The number of rotatable bonds is 6. The van der Waals surface area contributed by atoms with Crippen LogP contribution in [0.2, 0.25) is 0 Å². The highest BCUT2D eigenvalue weighted by atomic mass is 35.5. The second kappa shape index (κ2) is 10.3. The number of morpholine rings is 1. The molecule has 0 atom stereocenters. The summed E-state index contributed by atoms with van der Waals surface area (Å²) in [6.07, 6.45) is 1.25. The van der Waals surface area contributed by atoms with Crippen LogP contribution in [-0.2, 0) is 9.53 Å². The van der Waals surface area contributed by atoms with E-state index in [1.54, 1.807) is 4.90 Å². The van der Waals surface area contributed by atoms with Crippen molar-refractivity contribution in [1.82, 2.24) is 10.2 Å². The van der Waals surface area contributed by atoms with E-state index < -0.39 is 0 Å². The van der Waals surface area contributed by atoms with Crippen LogP contribution in [-0.4, -0.2) is 56.6 Å². The zero-order chi connectivity index (χ0) is 16.7. The first kappa shape index (κ1) is 20.4. The van der Waals surface area contributed by atoms with E-state index in [1.165, 1.54) is 0 Å². The molecule has 1 aliphatic rings. The molecule has 0 radical (unpaired) electrons. The highest BCUT2D eigenvalue weighted by Crippen LogP contribution is 2.21. The fraction of sp³-hybridized carbons (Fsp3) is 0.529. The van der Waals surface area contributed by atoms with Gasteiger partial charge in [0.25, 0.3) is 5.91 Å². The van der Waals surface area contributed by atoms with Crippen molar-refractivity contribution in [3.05, 3.63) is 29.3 Å². The van der Waals surface area contributed by atoms with Crippen LogP contribution in [0.25, 0.3) is 0 Å². The predicted molar refractivity (Wildman–Crippen MR) is 96.9 cm³/mol. The molecule has 0 spiro atoms. The minimum atomic E-state index is -0.0284. The Balaban J connectivity index is 0.00000288. The minimum Gasteiger partial charge on any atom is -0.378 e. The largest absolute Gasteiger partial charge is 0.378 e. The summed E-state index contributed by atoms with van der Waals surface area (Å²) in [6, 6.07) is 5.45. The van der Waals surface area contributed by atoms with Gasteiger partial charge < -0.3 is 20.3 Å². The van der Waals surface area contributed by atoms with Gasteiger partial charge in [-0.15, -0.1) is 12.4 Å². The summed E-state index contributed by atoms with van der Waals surface area (Å²) in [5.41, 5.74) is 2.16. The molecule has 1 heterocycles. The monoisotopic (exact) mass is 355 g/mol. The molecule has 134 valence electrons. The molecular weight excluding hydrogens is 330 g/mol. The quantitative estimate of drug-likeness (QED) is 0.764. The first-order chi connectivity index (χ1) is 11.1. The number of benzene rings is 1. The molecule has 1 aromatic rings. The fourth-order valence-electron chi connectivity index (χ4n) is 2.58. The van der Waals surface area contributed by atoms with Crippen molar-refractivity contribution in [2.24, 2.45) is 0 Å². The van der Waals surface area contributed by atoms with E-state index in [0.29, 0.717) is 44.0 Å². The Bertz CT molecular complexity index is 560. The average Bonchev–Trinajstić information content (AvgIpc) is 2.57. The molecule has 1 aromatic carbocycles. The molecule has 0 unspecified atom stereocenters. The van der Waals surface area contributed by atoms with E-state index in [9.17, 15) is 9.59 Å². The lowest BCUT2D eigenvalue weighted by Crippen LogP contribution is -2.41. The van der Waals surface area contributed by atoms with Gasteiger partial charge in [-0.05, 0) is 44.6 Å². The average molecular weight is 356 g/mol. The number of anilines is 1. The number of carbonyl (C=O) groups is 2. The maximum absolute atomic E-state index is 12.6. The zero-order valence-electron chi connectivity index (χ0n) is 14.3. The van der Waals surface area contributed by atoms with Crippen LogP contribution in [0.15, 0.2) is 18.2 Å². The predicted octanol–water partition coefficient (Wildman–Crippen LogP) is 1.83. The van der Waals surface area contributed by atoms with Gasteiger partial charge in [0, 0.05) is 30.8 Å². The Morgan fingerprint density at radius 2 is 1.96 bits per heavy atom. The number of carbonyl (C=O) groups excluding carboxylic acids is 2. The van der Waals surface area contributed by atoms with E-state index in [-0.39, 0.29) is 24.2 Å². The lowest BCUT2D eigenvalue weighted by molar-refractivity contribution is -0.116. The summed E-state index contributed by atoms with van der Waals surface area (Å²) in [5, 5.41) is 5.92. The van der Waals surface area contributed by atoms with Crippen LogP contribution >= 0.6 is 12.4 Å². The molecule has 0 aliphatic carbocycles. The number of ether oxygens (including phenoxy) is 1. The maximum atomic E-state index is 12.6. The van der Waals surface area contributed by atoms with Crippen LogP contribution in [0.1, 0.15) is 28.8 Å². The summed E-state index contributed by atoms with van der Waals surface area (Å²) < 4.78 is 5.28. The molecule has 7 heteroatoms. The molecule has 1 saturated heterocycles. The van der Waals surface area contributed by atoms with Gasteiger partial charge in [-0.3, -0.25) is 9.59 Å². The summed E-state index contributed by atoms with van der Waals surface area (Å²) in [7, 11) is 1.86. The Hall–Kier alpha value is -1.63. The fourth-order valence-corrected chi connectivity index (χ4v) is 2.58. The third-order valence-corrected chi connectivity index (χ3v) is 3.97. The molecule has 2 N–H and O–H groups in total. The third kappa shape index (κ3) is 5.47. The van der Waals surface area contributed by atoms with Crippen LogP contribution < -0.4 is 10.6 Å². The second-order valence-electron chi connectivity index (χ2n) is 5.64. The van der Waals surface area contributed by atoms with E-state index in [0.717, 1.165) is 18.5 Å². The van der Waals surface area contributed by atoms with Gasteiger partial charge in [0.1, 0.15) is 0 Å². The highest BCUT2D eigenvalue weighted by Gasteiger charge is 2.21. The molecule has 2 amide bonds. The van der Waals surface area contributed by atoms with Gasteiger partial charge in [0.2, 0.25) is 5.91 Å². The maximum Gasteiger partial charge on any atom is 0.254 e. The Morgan fingerprint density at radius 1 is 1.25 bits per heavy atom. The standard InChI is InChI=1S/C17H25N3O3.ClH/c1-13-14(17(22)20-9-11-23-12-10-20)5-3-6-15(13)19-16(21)7-4-8-18-2;/h3,5-6,18H,4,7-12H2,1-2H3,(H,19,21);1H. The molecule has 0 saturated carbocycles. The number of hydrogen-bond donors (Lipinski definition) is 2. The number of halogens is 1. The lowest BCUT2D eigenvalue weighted by atomic mass is 10.0. The second-order valence-corrected chi connectivity index (χ2v) is 5.64. The van der Waals surface area contributed by atoms with Gasteiger partial charge in [-0.1, -0.05) is 6.07 Å². The Labute approximate surface area is 149 Å². The van der Waals surface area contributed by atoms with Crippen molar-refractivity contribution in [1.29, 1.82) is 0 Å². The molecule has 2 rings (SSSR count). The van der Waals surface area contributed by atoms with Gasteiger partial charge in [0.05, 0.1) is 13.2 Å². The van der Waals surface area contributed by atoms with Crippen LogP contribution in [0.3, 0.4) is 0 Å². The van der Waals surface area contributed by atoms with Crippen molar-refractivity contribution in [3.8, 4) is 0 Å². The Kier molecular flexibility index (Phi) is 8.74. The van der Waals surface area contributed by atoms with Crippen LogP contribution in [0.5, 0.6) is 0 Å². The number of nitrogens with one attached hydrogen (secondary N) is 2. The van der Waals surface area contributed by atoms with E-state index >= 15 is 0 Å². The Morgan fingerprint density at radius 3 is 2.62 bits per heavy atom. The number of hydrogen-bond acceptors (Lipinski definition) is 4. The molecule has 0 aromatic heterocycles. The van der Waals surface area contributed by atoms with Gasteiger partial charge in [-0.25, -0.2) is 0 Å². The normalized spacial score (nSPS) is 14.0. The number of amides is 2. The molecule has 1 fully saturated rings. The van der Waals surface area contributed by atoms with Gasteiger partial charge in [-0.2, -0.15) is 0 Å². The topological polar surface area (TPSA) is 70.7 Å².